The standard InChI is InChI=1S/C19H34N2/c1-7-12-20-13-16(4)19-10-8-18(9-11-19)14-21(6)17(5)15(2)3/h8-11,15-17,20H,7,12-14H2,1-6H3. The van der Waals surface area contributed by atoms with Gasteiger partial charge in [0.25, 0.3) is 0 Å². The molecule has 2 unspecified atom stereocenters. The second-order valence-corrected chi connectivity index (χ2v) is 6.75. The van der Waals surface area contributed by atoms with Gasteiger partial charge in [-0.15, -0.1) is 0 Å². The van der Waals surface area contributed by atoms with E-state index in [0.717, 1.165) is 19.6 Å². The summed E-state index contributed by atoms with van der Waals surface area (Å²) in [5, 5.41) is 3.50. The summed E-state index contributed by atoms with van der Waals surface area (Å²) >= 11 is 0. The zero-order chi connectivity index (χ0) is 15.8. The minimum Gasteiger partial charge on any atom is -0.316 e. The lowest BCUT2D eigenvalue weighted by Crippen LogP contribution is -2.32. The summed E-state index contributed by atoms with van der Waals surface area (Å²) in [5.74, 6) is 1.27. The van der Waals surface area contributed by atoms with Crippen LogP contribution in [0.5, 0.6) is 0 Å². The predicted octanol–water partition coefficient (Wildman–Crippen LogP) is 4.27. The Balaban J connectivity index is 2.53. The van der Waals surface area contributed by atoms with Crippen molar-refractivity contribution in [2.24, 2.45) is 5.92 Å². The first-order valence-corrected chi connectivity index (χ1v) is 8.45. The van der Waals surface area contributed by atoms with Gasteiger partial charge in [-0.2, -0.15) is 0 Å². The van der Waals surface area contributed by atoms with Crippen molar-refractivity contribution in [3.63, 3.8) is 0 Å². The average Bonchev–Trinajstić information content (AvgIpc) is 2.47. The van der Waals surface area contributed by atoms with Crippen LogP contribution in [0.25, 0.3) is 0 Å². The van der Waals surface area contributed by atoms with E-state index in [1.54, 1.807) is 0 Å². The van der Waals surface area contributed by atoms with Crippen LogP contribution >= 0.6 is 0 Å². The van der Waals surface area contributed by atoms with E-state index in [9.17, 15) is 0 Å². The van der Waals surface area contributed by atoms with Gasteiger partial charge in [-0.3, -0.25) is 4.90 Å². The van der Waals surface area contributed by atoms with E-state index in [-0.39, 0.29) is 0 Å². The predicted molar refractivity (Wildman–Crippen MR) is 93.8 cm³/mol. The van der Waals surface area contributed by atoms with E-state index in [0.29, 0.717) is 17.9 Å². The van der Waals surface area contributed by atoms with Crippen LogP contribution in [-0.4, -0.2) is 31.1 Å². The summed E-state index contributed by atoms with van der Waals surface area (Å²) in [6, 6.07) is 9.77. The van der Waals surface area contributed by atoms with Gasteiger partial charge >= 0.3 is 0 Å². The van der Waals surface area contributed by atoms with Crippen molar-refractivity contribution in [1.82, 2.24) is 10.2 Å². The Bertz CT molecular complexity index is 383. The van der Waals surface area contributed by atoms with Crippen molar-refractivity contribution < 1.29 is 0 Å². The summed E-state index contributed by atoms with van der Waals surface area (Å²) in [5.41, 5.74) is 2.84. The largest absolute Gasteiger partial charge is 0.316 e. The van der Waals surface area contributed by atoms with E-state index in [4.69, 9.17) is 0 Å². The molecular formula is C19H34N2. The first kappa shape index (κ1) is 18.2. The number of nitrogens with zero attached hydrogens (tertiary/aromatic N) is 1. The molecule has 2 nitrogen and oxygen atoms in total. The maximum Gasteiger partial charge on any atom is 0.0233 e. The molecule has 1 rings (SSSR count). The van der Waals surface area contributed by atoms with Crippen LogP contribution in [0, 0.1) is 5.92 Å². The summed E-state index contributed by atoms with van der Waals surface area (Å²) in [7, 11) is 2.22. The Morgan fingerprint density at radius 3 is 2.19 bits per heavy atom. The Kier molecular flexibility index (Phi) is 7.98. The third-order valence-electron chi connectivity index (χ3n) is 4.52. The van der Waals surface area contributed by atoms with Crippen LogP contribution in [0.4, 0.5) is 0 Å². The van der Waals surface area contributed by atoms with Gasteiger partial charge in [0.1, 0.15) is 0 Å². The van der Waals surface area contributed by atoms with Gasteiger partial charge in [0, 0.05) is 19.1 Å². The molecule has 0 aliphatic rings. The quantitative estimate of drug-likeness (QED) is 0.683. The van der Waals surface area contributed by atoms with Crippen molar-refractivity contribution in [1.29, 1.82) is 0 Å². The number of hydrogen-bond acceptors (Lipinski definition) is 2. The highest BCUT2D eigenvalue weighted by atomic mass is 15.1. The summed E-state index contributed by atoms with van der Waals surface area (Å²) in [6.45, 7) is 14.6. The van der Waals surface area contributed by atoms with Crippen LogP contribution < -0.4 is 5.32 Å². The van der Waals surface area contributed by atoms with Gasteiger partial charge in [-0.1, -0.05) is 52.0 Å². The van der Waals surface area contributed by atoms with Gasteiger partial charge in [-0.25, -0.2) is 0 Å². The minimum absolute atomic E-state index is 0.581. The van der Waals surface area contributed by atoms with Gasteiger partial charge < -0.3 is 5.32 Å². The highest BCUT2D eigenvalue weighted by molar-refractivity contribution is 5.25. The number of rotatable bonds is 9. The van der Waals surface area contributed by atoms with Crippen LogP contribution in [0.1, 0.15) is 58.1 Å². The molecule has 0 amide bonds. The molecule has 0 bridgehead atoms. The zero-order valence-corrected chi connectivity index (χ0v) is 14.8. The molecule has 0 heterocycles. The summed E-state index contributed by atoms with van der Waals surface area (Å²) in [6.07, 6.45) is 1.20. The molecule has 0 saturated carbocycles. The number of hydrogen-bond donors (Lipinski definition) is 1. The van der Waals surface area contributed by atoms with E-state index < -0.39 is 0 Å². The minimum atomic E-state index is 0.581. The van der Waals surface area contributed by atoms with E-state index in [1.807, 2.05) is 0 Å². The highest BCUT2D eigenvalue weighted by Crippen LogP contribution is 2.17. The Labute approximate surface area is 131 Å². The fourth-order valence-electron chi connectivity index (χ4n) is 2.51. The van der Waals surface area contributed by atoms with E-state index >= 15 is 0 Å². The van der Waals surface area contributed by atoms with Crippen molar-refractivity contribution in [3.05, 3.63) is 35.4 Å². The van der Waals surface area contributed by atoms with Crippen LogP contribution in [0.3, 0.4) is 0 Å². The van der Waals surface area contributed by atoms with E-state index in [2.05, 4.69) is 76.1 Å². The van der Waals surface area contributed by atoms with Gasteiger partial charge in [-0.05, 0) is 49.9 Å². The molecule has 21 heavy (non-hydrogen) atoms. The molecular weight excluding hydrogens is 256 g/mol. The Morgan fingerprint density at radius 2 is 1.67 bits per heavy atom. The average molecular weight is 290 g/mol. The molecule has 1 N–H and O–H groups in total. The normalized spacial score (nSPS) is 14.7. The molecule has 0 aliphatic carbocycles. The van der Waals surface area contributed by atoms with Crippen molar-refractivity contribution in [2.45, 2.75) is 59.5 Å². The second kappa shape index (κ2) is 9.22. The lowest BCUT2D eigenvalue weighted by Gasteiger charge is -2.28. The molecule has 120 valence electrons. The molecule has 2 heteroatoms. The molecule has 1 aromatic rings. The molecule has 0 saturated heterocycles. The number of nitrogens with one attached hydrogen (secondary N) is 1. The van der Waals surface area contributed by atoms with Gasteiger partial charge in [0.15, 0.2) is 0 Å². The van der Waals surface area contributed by atoms with Crippen LogP contribution in [0.2, 0.25) is 0 Å². The third-order valence-corrected chi connectivity index (χ3v) is 4.52. The molecule has 0 aliphatic heterocycles. The molecule has 0 radical (unpaired) electrons. The van der Waals surface area contributed by atoms with Crippen molar-refractivity contribution in [2.75, 3.05) is 20.1 Å². The maximum absolute atomic E-state index is 3.50. The van der Waals surface area contributed by atoms with Gasteiger partial charge in [0.05, 0.1) is 0 Å². The lowest BCUT2D eigenvalue weighted by molar-refractivity contribution is 0.200. The molecule has 0 fully saturated rings. The molecule has 0 spiro atoms. The van der Waals surface area contributed by atoms with Crippen LogP contribution in [0.15, 0.2) is 24.3 Å². The first-order valence-electron chi connectivity index (χ1n) is 8.45. The Morgan fingerprint density at radius 1 is 1.05 bits per heavy atom. The zero-order valence-electron chi connectivity index (χ0n) is 14.8. The lowest BCUT2D eigenvalue weighted by atomic mass is 9.99. The van der Waals surface area contributed by atoms with Crippen LogP contribution in [-0.2, 0) is 6.54 Å². The third kappa shape index (κ3) is 6.19. The smallest absolute Gasteiger partial charge is 0.0233 e. The highest BCUT2D eigenvalue weighted by Gasteiger charge is 2.13. The second-order valence-electron chi connectivity index (χ2n) is 6.75. The summed E-state index contributed by atoms with van der Waals surface area (Å²) < 4.78 is 0. The monoisotopic (exact) mass is 290 g/mol. The topological polar surface area (TPSA) is 15.3 Å². The number of benzene rings is 1. The first-order chi connectivity index (χ1) is 9.95. The molecule has 1 aromatic carbocycles. The molecule has 2 atom stereocenters. The fourth-order valence-corrected chi connectivity index (χ4v) is 2.51. The Hall–Kier alpha value is -0.860. The van der Waals surface area contributed by atoms with Gasteiger partial charge in [0.2, 0.25) is 0 Å². The van der Waals surface area contributed by atoms with E-state index in [1.165, 1.54) is 17.5 Å². The fraction of sp³-hybridized carbons (Fsp3) is 0.684. The maximum atomic E-state index is 3.50. The van der Waals surface area contributed by atoms with Crippen molar-refractivity contribution in [3.8, 4) is 0 Å². The van der Waals surface area contributed by atoms with Crippen molar-refractivity contribution >= 4 is 0 Å². The summed E-state index contributed by atoms with van der Waals surface area (Å²) in [4.78, 5) is 2.44. The SMILES string of the molecule is CCCNCC(C)c1ccc(CN(C)C(C)C(C)C)cc1. The molecule has 0 aromatic heterocycles.